The van der Waals surface area contributed by atoms with Crippen molar-refractivity contribution in [1.29, 1.82) is 0 Å². The molecular weight excluding hydrogens is 306 g/mol. The molecule has 1 aliphatic heterocycles. The second kappa shape index (κ2) is 4.75. The van der Waals surface area contributed by atoms with Gasteiger partial charge in [0.2, 0.25) is 0 Å². The average Bonchev–Trinajstić information content (AvgIpc) is 3.27. The van der Waals surface area contributed by atoms with Crippen LogP contribution in [0, 0.1) is 0 Å². The predicted octanol–water partition coefficient (Wildman–Crippen LogP) is 4.68. The van der Waals surface area contributed by atoms with Gasteiger partial charge in [0.1, 0.15) is 5.82 Å². The van der Waals surface area contributed by atoms with Crippen molar-refractivity contribution in [3.8, 4) is 11.1 Å². The van der Waals surface area contributed by atoms with Crippen LogP contribution in [0.25, 0.3) is 22.0 Å². The van der Waals surface area contributed by atoms with Crippen molar-refractivity contribution >= 4 is 28.3 Å². The lowest BCUT2D eigenvalue weighted by molar-refractivity contribution is 0.490. The van der Waals surface area contributed by atoms with E-state index in [1.807, 2.05) is 12.4 Å². The van der Waals surface area contributed by atoms with Crippen molar-refractivity contribution < 1.29 is 0 Å². The van der Waals surface area contributed by atoms with Crippen molar-refractivity contribution in [3.63, 3.8) is 0 Å². The molecule has 1 spiro atoms. The molecular formula is C19H18ClN3. The number of fused-ring (bicyclic) bond motifs is 3. The number of alkyl halides is 1. The zero-order valence-corrected chi connectivity index (χ0v) is 13.5. The molecule has 3 aromatic rings. The number of nitrogens with zero attached hydrogens (tertiary/aromatic N) is 1. The summed E-state index contributed by atoms with van der Waals surface area (Å²) in [5.41, 5.74) is 5.12. The number of nitrogens with one attached hydrogen (secondary N) is 2. The molecule has 116 valence electrons. The lowest BCUT2D eigenvalue weighted by Crippen LogP contribution is -2.25. The third kappa shape index (κ3) is 1.93. The van der Waals surface area contributed by atoms with Gasteiger partial charge in [0.25, 0.3) is 0 Å². The quantitative estimate of drug-likeness (QED) is 0.638. The van der Waals surface area contributed by atoms with E-state index in [0.29, 0.717) is 5.38 Å². The Labute approximate surface area is 140 Å². The van der Waals surface area contributed by atoms with Gasteiger partial charge in [-0.05, 0) is 43.0 Å². The molecule has 0 bridgehead atoms. The van der Waals surface area contributed by atoms with Crippen molar-refractivity contribution in [2.24, 2.45) is 0 Å². The van der Waals surface area contributed by atoms with E-state index in [-0.39, 0.29) is 5.41 Å². The first-order chi connectivity index (χ1) is 11.3. The molecule has 1 aliphatic carbocycles. The van der Waals surface area contributed by atoms with Crippen molar-refractivity contribution in [2.45, 2.75) is 30.1 Å². The molecule has 4 heteroatoms. The Bertz CT molecular complexity index is 897. The number of rotatable bonds is 1. The van der Waals surface area contributed by atoms with Gasteiger partial charge in [-0.15, -0.1) is 11.6 Å². The molecule has 0 amide bonds. The van der Waals surface area contributed by atoms with Crippen LogP contribution in [0.15, 0.2) is 42.7 Å². The first-order valence-corrected chi connectivity index (χ1v) is 8.64. The standard InChI is InChI=1S/C19H18ClN3/c20-13-4-6-19(9-13)11-23-18-16(19)8-12(10-22-18)14-2-1-3-17-15(14)5-7-21-17/h1-3,5,7-8,10,13,21H,4,6,9,11H2,(H,22,23). The molecule has 0 saturated heterocycles. The lowest BCUT2D eigenvalue weighted by atomic mass is 9.81. The minimum absolute atomic E-state index is 0.177. The van der Waals surface area contributed by atoms with Crippen LogP contribution in [0.4, 0.5) is 5.82 Å². The molecule has 1 saturated carbocycles. The zero-order valence-electron chi connectivity index (χ0n) is 12.8. The second-order valence-corrected chi connectivity index (χ2v) is 7.46. The summed E-state index contributed by atoms with van der Waals surface area (Å²) in [6.07, 6.45) is 7.28. The van der Waals surface area contributed by atoms with Crippen LogP contribution >= 0.6 is 11.6 Å². The summed E-state index contributed by atoms with van der Waals surface area (Å²) in [6, 6.07) is 10.8. The molecule has 0 radical (unpaired) electrons. The number of anilines is 1. The maximum Gasteiger partial charge on any atom is 0.129 e. The molecule has 5 rings (SSSR count). The summed E-state index contributed by atoms with van der Waals surface area (Å²) >= 11 is 6.42. The summed E-state index contributed by atoms with van der Waals surface area (Å²) in [5, 5.41) is 5.03. The van der Waals surface area contributed by atoms with E-state index in [1.165, 1.54) is 22.1 Å². The largest absolute Gasteiger partial charge is 0.369 e. The molecule has 23 heavy (non-hydrogen) atoms. The Balaban J connectivity index is 1.67. The van der Waals surface area contributed by atoms with Gasteiger partial charge in [-0.2, -0.15) is 0 Å². The molecule has 1 aromatic carbocycles. The van der Waals surface area contributed by atoms with E-state index < -0.39 is 0 Å². The topological polar surface area (TPSA) is 40.7 Å². The van der Waals surface area contributed by atoms with Gasteiger partial charge in [-0.3, -0.25) is 0 Å². The van der Waals surface area contributed by atoms with Crippen molar-refractivity contribution in [2.75, 3.05) is 11.9 Å². The molecule has 2 aliphatic rings. The minimum atomic E-state index is 0.177. The highest BCUT2D eigenvalue weighted by atomic mass is 35.5. The maximum absolute atomic E-state index is 6.42. The van der Waals surface area contributed by atoms with Crippen LogP contribution in [0.2, 0.25) is 0 Å². The lowest BCUT2D eigenvalue weighted by Gasteiger charge is -2.23. The van der Waals surface area contributed by atoms with Gasteiger partial charge >= 0.3 is 0 Å². The third-order valence-corrected chi connectivity index (χ3v) is 5.88. The fourth-order valence-electron chi connectivity index (χ4n) is 4.31. The SMILES string of the molecule is ClC1CCC2(CNc3ncc(-c4cccc5[nH]ccc45)cc32)C1. The Hall–Kier alpha value is -2.00. The van der Waals surface area contributed by atoms with Crippen molar-refractivity contribution in [1.82, 2.24) is 9.97 Å². The number of aromatic nitrogens is 2. The van der Waals surface area contributed by atoms with Crippen LogP contribution in [0.3, 0.4) is 0 Å². The summed E-state index contributed by atoms with van der Waals surface area (Å²) < 4.78 is 0. The Morgan fingerprint density at radius 3 is 3.09 bits per heavy atom. The fourth-order valence-corrected chi connectivity index (χ4v) is 4.71. The number of hydrogen-bond donors (Lipinski definition) is 2. The number of benzene rings is 1. The fraction of sp³-hybridized carbons (Fsp3) is 0.316. The predicted molar refractivity (Wildman–Crippen MR) is 95.2 cm³/mol. The van der Waals surface area contributed by atoms with Gasteiger partial charge in [0.15, 0.2) is 0 Å². The normalized spacial score (nSPS) is 25.9. The van der Waals surface area contributed by atoms with Crippen LogP contribution < -0.4 is 5.32 Å². The minimum Gasteiger partial charge on any atom is -0.369 e. The number of aromatic amines is 1. The first-order valence-electron chi connectivity index (χ1n) is 8.20. The van der Waals surface area contributed by atoms with Crippen molar-refractivity contribution in [3.05, 3.63) is 48.3 Å². The number of hydrogen-bond acceptors (Lipinski definition) is 2. The smallest absolute Gasteiger partial charge is 0.129 e. The number of halogens is 1. The summed E-state index contributed by atoms with van der Waals surface area (Å²) in [6.45, 7) is 0.969. The highest BCUT2D eigenvalue weighted by Crippen LogP contribution is 2.49. The van der Waals surface area contributed by atoms with E-state index in [0.717, 1.165) is 37.1 Å². The number of pyridine rings is 1. The van der Waals surface area contributed by atoms with Crippen LogP contribution in [-0.2, 0) is 5.41 Å². The van der Waals surface area contributed by atoms with Crippen LogP contribution in [-0.4, -0.2) is 21.9 Å². The van der Waals surface area contributed by atoms with E-state index in [1.54, 1.807) is 0 Å². The summed E-state index contributed by atoms with van der Waals surface area (Å²) in [7, 11) is 0. The van der Waals surface area contributed by atoms with Gasteiger partial charge in [-0.25, -0.2) is 4.98 Å². The first kappa shape index (κ1) is 13.4. The van der Waals surface area contributed by atoms with Gasteiger partial charge in [0.05, 0.1) is 0 Å². The zero-order chi connectivity index (χ0) is 15.4. The highest BCUT2D eigenvalue weighted by molar-refractivity contribution is 6.20. The molecule has 2 unspecified atom stereocenters. The van der Waals surface area contributed by atoms with E-state index in [9.17, 15) is 0 Å². The molecule has 3 nitrogen and oxygen atoms in total. The van der Waals surface area contributed by atoms with Gasteiger partial charge in [-0.1, -0.05) is 12.1 Å². The molecule has 2 atom stereocenters. The second-order valence-electron chi connectivity index (χ2n) is 6.84. The average molecular weight is 324 g/mol. The van der Waals surface area contributed by atoms with E-state index in [4.69, 9.17) is 16.6 Å². The maximum atomic E-state index is 6.42. The van der Waals surface area contributed by atoms with Gasteiger partial charge in [0, 0.05) is 51.8 Å². The molecule has 2 N–H and O–H groups in total. The Kier molecular flexibility index (Phi) is 2.77. The van der Waals surface area contributed by atoms with Gasteiger partial charge < -0.3 is 10.3 Å². The summed E-state index contributed by atoms with van der Waals surface area (Å²) in [5.74, 6) is 1.04. The molecule has 2 aromatic heterocycles. The number of H-pyrrole nitrogens is 1. The summed E-state index contributed by atoms with van der Waals surface area (Å²) in [4.78, 5) is 7.99. The Morgan fingerprint density at radius 2 is 2.22 bits per heavy atom. The van der Waals surface area contributed by atoms with E-state index in [2.05, 4.69) is 40.6 Å². The monoisotopic (exact) mass is 323 g/mol. The van der Waals surface area contributed by atoms with Crippen LogP contribution in [0.1, 0.15) is 24.8 Å². The Morgan fingerprint density at radius 1 is 1.26 bits per heavy atom. The highest BCUT2D eigenvalue weighted by Gasteiger charge is 2.45. The third-order valence-electron chi connectivity index (χ3n) is 5.51. The van der Waals surface area contributed by atoms with E-state index >= 15 is 0 Å². The molecule has 3 heterocycles. The molecule has 1 fully saturated rings. The van der Waals surface area contributed by atoms with Crippen LogP contribution in [0.5, 0.6) is 0 Å².